The van der Waals surface area contributed by atoms with Crippen LogP contribution in [0.15, 0.2) is 54.2 Å². The molecule has 0 saturated carbocycles. The minimum absolute atomic E-state index is 0.104. The Morgan fingerprint density at radius 1 is 1.06 bits per heavy atom. The fourth-order valence-electron chi connectivity index (χ4n) is 3.28. The van der Waals surface area contributed by atoms with Gasteiger partial charge >= 0.3 is 0 Å². The van der Waals surface area contributed by atoms with E-state index in [9.17, 15) is 14.4 Å². The van der Waals surface area contributed by atoms with Crippen LogP contribution in [0.2, 0.25) is 0 Å². The lowest BCUT2D eigenvalue weighted by atomic mass is 10.1. The second kappa shape index (κ2) is 12.6. The van der Waals surface area contributed by atoms with Crippen LogP contribution in [0.3, 0.4) is 0 Å². The van der Waals surface area contributed by atoms with Gasteiger partial charge in [-0.05, 0) is 47.9 Å². The fraction of sp³-hybridized carbons (Fsp3) is 0.320. The molecule has 0 unspecified atom stereocenters. The molecule has 0 aliphatic heterocycles. The van der Waals surface area contributed by atoms with Gasteiger partial charge in [0.1, 0.15) is 12.3 Å². The van der Waals surface area contributed by atoms with Crippen molar-refractivity contribution in [2.24, 2.45) is 5.92 Å². The van der Waals surface area contributed by atoms with E-state index in [-0.39, 0.29) is 36.6 Å². The van der Waals surface area contributed by atoms with Crippen LogP contribution in [0.1, 0.15) is 35.5 Å². The first-order valence-electron chi connectivity index (χ1n) is 11.2. The summed E-state index contributed by atoms with van der Waals surface area (Å²) >= 11 is 1.24. The van der Waals surface area contributed by atoms with Crippen LogP contribution in [0, 0.1) is 5.92 Å². The van der Waals surface area contributed by atoms with Crippen molar-refractivity contribution in [2.75, 3.05) is 25.5 Å². The zero-order valence-corrected chi connectivity index (χ0v) is 20.8. The van der Waals surface area contributed by atoms with Crippen LogP contribution in [0.5, 0.6) is 5.75 Å². The van der Waals surface area contributed by atoms with E-state index in [4.69, 9.17) is 4.74 Å². The number of hydrogen-bond acceptors (Lipinski definition) is 7. The van der Waals surface area contributed by atoms with E-state index in [1.165, 1.54) is 16.2 Å². The molecule has 2 heterocycles. The zero-order valence-electron chi connectivity index (χ0n) is 20.0. The first-order valence-corrected chi connectivity index (χ1v) is 12.0. The van der Waals surface area contributed by atoms with Crippen molar-refractivity contribution >= 4 is 34.2 Å². The summed E-state index contributed by atoms with van der Waals surface area (Å²) in [4.78, 5) is 47.7. The van der Waals surface area contributed by atoms with Gasteiger partial charge in [0.25, 0.3) is 5.91 Å². The van der Waals surface area contributed by atoms with Crippen molar-refractivity contribution in [3.8, 4) is 5.75 Å². The summed E-state index contributed by atoms with van der Waals surface area (Å²) in [5.74, 6) is 0.0818. The molecule has 1 aromatic carbocycles. The predicted molar refractivity (Wildman–Crippen MR) is 134 cm³/mol. The number of carbonyl (C=O) groups excluding carboxylic acids is 3. The first kappa shape index (κ1) is 25.8. The van der Waals surface area contributed by atoms with Crippen LogP contribution in [-0.4, -0.2) is 52.8 Å². The molecule has 3 rings (SSSR count). The minimum Gasteiger partial charge on any atom is -0.497 e. The highest BCUT2D eigenvalue weighted by Gasteiger charge is 2.21. The molecule has 10 heteroatoms. The Kier molecular flexibility index (Phi) is 9.31. The Labute approximate surface area is 208 Å². The molecule has 9 nitrogen and oxygen atoms in total. The molecule has 2 N–H and O–H groups in total. The average molecular weight is 496 g/mol. The largest absolute Gasteiger partial charge is 0.497 e. The highest BCUT2D eigenvalue weighted by molar-refractivity contribution is 7.13. The number of methoxy groups -OCH3 is 1. The number of amides is 3. The van der Waals surface area contributed by atoms with Crippen molar-refractivity contribution in [1.29, 1.82) is 0 Å². The summed E-state index contributed by atoms with van der Waals surface area (Å²) in [6, 6.07) is 10.5. The van der Waals surface area contributed by atoms with Crippen molar-refractivity contribution in [1.82, 2.24) is 20.2 Å². The number of nitrogens with zero attached hydrogens (tertiary/aromatic N) is 3. The molecular weight excluding hydrogens is 466 g/mol. The molecule has 0 aliphatic carbocycles. The summed E-state index contributed by atoms with van der Waals surface area (Å²) in [7, 11) is 1.56. The second-order valence-electron chi connectivity index (χ2n) is 8.31. The lowest BCUT2D eigenvalue weighted by Gasteiger charge is -2.24. The third-order valence-electron chi connectivity index (χ3n) is 4.92. The maximum atomic E-state index is 13.0. The molecule has 184 valence electrons. The summed E-state index contributed by atoms with van der Waals surface area (Å²) in [6.45, 7) is 4.70. The van der Waals surface area contributed by atoms with Gasteiger partial charge in [0, 0.05) is 36.4 Å². The number of anilines is 1. The number of pyridine rings is 1. The Balaban J connectivity index is 1.54. The second-order valence-corrected chi connectivity index (χ2v) is 9.17. The molecule has 2 aromatic heterocycles. The van der Waals surface area contributed by atoms with Gasteiger partial charge in [-0.2, -0.15) is 0 Å². The number of hydrogen-bond donors (Lipinski definition) is 2. The minimum atomic E-state index is -0.351. The van der Waals surface area contributed by atoms with Gasteiger partial charge in [0.05, 0.1) is 19.2 Å². The quantitative estimate of drug-likeness (QED) is 0.423. The van der Waals surface area contributed by atoms with E-state index in [0.29, 0.717) is 35.2 Å². The SMILES string of the molecule is COc1ccc(C(=O)N(CC(=O)Nc2nc(CC(=O)NCc3ccncc3)cs2)CC(C)C)cc1. The number of rotatable bonds is 11. The van der Waals surface area contributed by atoms with Gasteiger partial charge in [-0.3, -0.25) is 19.4 Å². The monoisotopic (exact) mass is 495 g/mol. The van der Waals surface area contributed by atoms with Gasteiger partial charge < -0.3 is 20.3 Å². The summed E-state index contributed by atoms with van der Waals surface area (Å²) in [6.07, 6.45) is 3.44. The Morgan fingerprint density at radius 2 is 1.77 bits per heavy atom. The van der Waals surface area contributed by atoms with Crippen molar-refractivity contribution < 1.29 is 19.1 Å². The number of carbonyl (C=O) groups is 3. The molecule has 0 aliphatic rings. The molecule has 0 radical (unpaired) electrons. The van der Waals surface area contributed by atoms with E-state index in [2.05, 4.69) is 20.6 Å². The standard InChI is InChI=1S/C25H29N5O4S/c1-17(2)14-30(24(33)19-4-6-21(34-3)7-5-19)15-23(32)29-25-28-20(16-35-25)12-22(31)27-13-18-8-10-26-11-9-18/h4-11,16-17H,12-15H2,1-3H3,(H,27,31)(H,28,29,32). The topological polar surface area (TPSA) is 114 Å². The summed E-state index contributed by atoms with van der Waals surface area (Å²) in [5.41, 5.74) is 1.99. The van der Waals surface area contributed by atoms with Crippen molar-refractivity contribution in [3.05, 3.63) is 71.0 Å². The smallest absolute Gasteiger partial charge is 0.254 e. The molecule has 3 aromatic rings. The molecule has 3 amide bonds. The maximum Gasteiger partial charge on any atom is 0.254 e. The van der Waals surface area contributed by atoms with Crippen LogP contribution >= 0.6 is 11.3 Å². The number of aromatic nitrogens is 2. The van der Waals surface area contributed by atoms with E-state index < -0.39 is 0 Å². The molecule has 0 spiro atoms. The third kappa shape index (κ3) is 8.18. The molecule has 0 bridgehead atoms. The fourth-order valence-corrected chi connectivity index (χ4v) is 4.01. The van der Waals surface area contributed by atoms with Gasteiger partial charge in [-0.1, -0.05) is 13.8 Å². The molecule has 35 heavy (non-hydrogen) atoms. The molecule has 0 atom stereocenters. The van der Waals surface area contributed by atoms with Gasteiger partial charge in [0.15, 0.2) is 5.13 Å². The van der Waals surface area contributed by atoms with Gasteiger partial charge in [-0.25, -0.2) is 4.98 Å². The van der Waals surface area contributed by atoms with Crippen molar-refractivity contribution in [2.45, 2.75) is 26.8 Å². The molecule has 0 fully saturated rings. The number of benzene rings is 1. The van der Waals surface area contributed by atoms with E-state index >= 15 is 0 Å². The Hall–Kier alpha value is -3.79. The Bertz CT molecular complexity index is 1130. The van der Waals surface area contributed by atoms with Crippen LogP contribution in [-0.2, 0) is 22.6 Å². The maximum absolute atomic E-state index is 13.0. The predicted octanol–water partition coefficient (Wildman–Crippen LogP) is 3.14. The zero-order chi connectivity index (χ0) is 25.2. The number of thiazole rings is 1. The Morgan fingerprint density at radius 3 is 2.43 bits per heavy atom. The van der Waals surface area contributed by atoms with Crippen LogP contribution in [0.4, 0.5) is 5.13 Å². The molecular formula is C25H29N5O4S. The first-order chi connectivity index (χ1) is 16.8. The highest BCUT2D eigenvalue weighted by atomic mass is 32.1. The molecule has 0 saturated heterocycles. The van der Waals surface area contributed by atoms with Crippen LogP contribution in [0.25, 0.3) is 0 Å². The highest BCUT2D eigenvalue weighted by Crippen LogP contribution is 2.17. The van der Waals surface area contributed by atoms with E-state index in [1.807, 2.05) is 26.0 Å². The average Bonchev–Trinajstić information content (AvgIpc) is 3.28. The normalized spacial score (nSPS) is 10.6. The summed E-state index contributed by atoms with van der Waals surface area (Å²) in [5, 5.41) is 7.69. The lowest BCUT2D eigenvalue weighted by molar-refractivity contribution is -0.120. The van der Waals surface area contributed by atoms with E-state index in [1.54, 1.807) is 49.1 Å². The number of ether oxygens (including phenoxy) is 1. The lowest BCUT2D eigenvalue weighted by Crippen LogP contribution is -2.40. The third-order valence-corrected chi connectivity index (χ3v) is 5.73. The van der Waals surface area contributed by atoms with Gasteiger partial charge in [0.2, 0.25) is 11.8 Å². The van der Waals surface area contributed by atoms with Gasteiger partial charge in [-0.15, -0.1) is 11.3 Å². The summed E-state index contributed by atoms with van der Waals surface area (Å²) < 4.78 is 5.14. The van der Waals surface area contributed by atoms with Crippen molar-refractivity contribution in [3.63, 3.8) is 0 Å². The number of nitrogens with one attached hydrogen (secondary N) is 2. The van der Waals surface area contributed by atoms with Crippen LogP contribution < -0.4 is 15.4 Å². The van der Waals surface area contributed by atoms with E-state index in [0.717, 1.165) is 5.56 Å².